The zero-order valence-corrected chi connectivity index (χ0v) is 21.3. The standard InChI is InChI=1S/C22H43N7O6/c1-6-11(3)15(23)19(32)29-17(13(5)30)20(33)27-14(9-8-10-26-22(24)25)18(31)28-16(21(34)35)12(4)7-2/h11-17,30H,6-10,23H2,1-5H3,(H,27,33)(H,28,31)(H,29,32)(H,34,35)(H4,24,25,26). The largest absolute Gasteiger partial charge is 0.480 e. The fourth-order valence-electron chi connectivity index (χ4n) is 3.14. The first-order valence-corrected chi connectivity index (χ1v) is 11.9. The van der Waals surface area contributed by atoms with Crippen LogP contribution >= 0.6 is 0 Å². The lowest BCUT2D eigenvalue weighted by molar-refractivity contribution is -0.144. The minimum absolute atomic E-state index is 0.0774. The second-order valence-corrected chi connectivity index (χ2v) is 8.86. The monoisotopic (exact) mass is 501 g/mol. The smallest absolute Gasteiger partial charge is 0.326 e. The highest BCUT2D eigenvalue weighted by Gasteiger charge is 2.33. The summed E-state index contributed by atoms with van der Waals surface area (Å²) in [7, 11) is 0. The SMILES string of the molecule is CCC(C)C(N)C(=O)NC(C(=O)NC(CCCN=C(N)N)C(=O)NC(C(=O)O)C(C)CC)C(C)O. The first kappa shape index (κ1) is 32.1. The minimum atomic E-state index is -1.38. The van der Waals surface area contributed by atoms with Crippen LogP contribution in [0.5, 0.6) is 0 Å². The van der Waals surface area contributed by atoms with E-state index < -0.39 is 54.0 Å². The van der Waals surface area contributed by atoms with E-state index in [-0.39, 0.29) is 30.8 Å². The van der Waals surface area contributed by atoms with Crippen molar-refractivity contribution in [3.8, 4) is 0 Å². The highest BCUT2D eigenvalue weighted by atomic mass is 16.4. The minimum Gasteiger partial charge on any atom is -0.480 e. The molecule has 13 heteroatoms. The van der Waals surface area contributed by atoms with Crippen molar-refractivity contribution in [2.75, 3.05) is 6.54 Å². The van der Waals surface area contributed by atoms with E-state index in [1.165, 1.54) is 6.92 Å². The quantitative estimate of drug-likeness (QED) is 0.0688. The molecule has 7 unspecified atom stereocenters. The molecule has 3 amide bonds. The average Bonchev–Trinajstić information content (AvgIpc) is 2.79. The Bertz CT molecular complexity index is 742. The topological polar surface area (TPSA) is 235 Å². The van der Waals surface area contributed by atoms with Crippen LogP contribution in [0.3, 0.4) is 0 Å². The molecule has 0 aromatic rings. The Morgan fingerprint density at radius 3 is 1.86 bits per heavy atom. The van der Waals surface area contributed by atoms with Gasteiger partial charge in [0.15, 0.2) is 5.96 Å². The number of aliphatic hydroxyl groups is 1. The van der Waals surface area contributed by atoms with Gasteiger partial charge in [-0.05, 0) is 31.6 Å². The second-order valence-electron chi connectivity index (χ2n) is 8.86. The zero-order chi connectivity index (χ0) is 27.3. The number of hydrogen-bond acceptors (Lipinski definition) is 7. The number of carbonyl (C=O) groups excluding carboxylic acids is 3. The molecule has 0 aromatic heterocycles. The van der Waals surface area contributed by atoms with Gasteiger partial charge in [-0.15, -0.1) is 0 Å². The third-order valence-corrected chi connectivity index (χ3v) is 5.98. The number of nitrogens with two attached hydrogens (primary N) is 3. The molecule has 0 aliphatic heterocycles. The molecule has 0 aliphatic rings. The van der Waals surface area contributed by atoms with Gasteiger partial charge in [0, 0.05) is 6.54 Å². The second kappa shape index (κ2) is 15.9. The van der Waals surface area contributed by atoms with Gasteiger partial charge in [-0.1, -0.05) is 40.5 Å². The van der Waals surface area contributed by atoms with Gasteiger partial charge in [-0.3, -0.25) is 19.4 Å². The molecule has 0 spiro atoms. The van der Waals surface area contributed by atoms with Crippen molar-refractivity contribution in [3.63, 3.8) is 0 Å². The van der Waals surface area contributed by atoms with E-state index in [2.05, 4.69) is 20.9 Å². The van der Waals surface area contributed by atoms with Gasteiger partial charge in [0.25, 0.3) is 0 Å². The lowest BCUT2D eigenvalue weighted by Crippen LogP contribution is -2.60. The van der Waals surface area contributed by atoms with Crippen LogP contribution in [-0.2, 0) is 19.2 Å². The Kier molecular flexibility index (Phi) is 14.5. The van der Waals surface area contributed by atoms with Crippen LogP contribution in [0, 0.1) is 11.8 Å². The molecule has 11 N–H and O–H groups in total. The molecule has 0 fully saturated rings. The maximum Gasteiger partial charge on any atom is 0.326 e. The number of nitrogens with one attached hydrogen (secondary N) is 3. The fourth-order valence-corrected chi connectivity index (χ4v) is 3.14. The lowest BCUT2D eigenvalue weighted by atomic mass is 9.98. The van der Waals surface area contributed by atoms with Crippen molar-refractivity contribution in [2.24, 2.45) is 34.0 Å². The summed E-state index contributed by atoms with van der Waals surface area (Å²) < 4.78 is 0. The van der Waals surface area contributed by atoms with Crippen LogP contribution < -0.4 is 33.2 Å². The number of rotatable bonds is 16. The molecule has 0 radical (unpaired) electrons. The number of aliphatic imine (C=N–C) groups is 1. The van der Waals surface area contributed by atoms with Crippen LogP contribution in [0.1, 0.15) is 60.3 Å². The summed E-state index contributed by atoms with van der Waals surface area (Å²) in [5, 5.41) is 27.0. The molecule has 0 aliphatic carbocycles. The summed E-state index contributed by atoms with van der Waals surface area (Å²) in [5.74, 6) is -4.00. The van der Waals surface area contributed by atoms with Crippen molar-refractivity contribution in [1.82, 2.24) is 16.0 Å². The van der Waals surface area contributed by atoms with Crippen molar-refractivity contribution < 1.29 is 29.4 Å². The Balaban J connectivity index is 5.64. The van der Waals surface area contributed by atoms with Gasteiger partial charge in [0.05, 0.1) is 12.1 Å². The Morgan fingerprint density at radius 1 is 0.857 bits per heavy atom. The van der Waals surface area contributed by atoms with E-state index >= 15 is 0 Å². The molecular weight excluding hydrogens is 458 g/mol. The van der Waals surface area contributed by atoms with Crippen LogP contribution in [0.25, 0.3) is 0 Å². The summed E-state index contributed by atoms with van der Waals surface area (Å²) >= 11 is 0. The van der Waals surface area contributed by atoms with Crippen molar-refractivity contribution in [1.29, 1.82) is 0 Å². The molecule has 0 aromatic carbocycles. The van der Waals surface area contributed by atoms with E-state index in [1.807, 2.05) is 6.92 Å². The Hall–Kier alpha value is -2.93. The number of hydrogen-bond donors (Lipinski definition) is 8. The summed E-state index contributed by atoms with van der Waals surface area (Å²) in [6.07, 6.45) is 0.223. The molecule has 35 heavy (non-hydrogen) atoms. The molecule has 13 nitrogen and oxygen atoms in total. The number of aliphatic hydroxyl groups excluding tert-OH is 1. The molecular formula is C22H43N7O6. The summed E-state index contributed by atoms with van der Waals surface area (Å²) in [6, 6.07) is -4.59. The number of guanidine groups is 1. The van der Waals surface area contributed by atoms with Gasteiger partial charge in [-0.25, -0.2) is 4.79 Å². The van der Waals surface area contributed by atoms with Crippen molar-refractivity contribution >= 4 is 29.7 Å². The van der Waals surface area contributed by atoms with Gasteiger partial charge in [-0.2, -0.15) is 0 Å². The number of carbonyl (C=O) groups is 4. The third-order valence-electron chi connectivity index (χ3n) is 5.98. The van der Waals surface area contributed by atoms with Gasteiger partial charge in [0.2, 0.25) is 17.7 Å². The van der Waals surface area contributed by atoms with E-state index in [9.17, 15) is 29.4 Å². The molecule has 202 valence electrons. The Morgan fingerprint density at radius 2 is 1.40 bits per heavy atom. The van der Waals surface area contributed by atoms with Crippen LogP contribution in [0.4, 0.5) is 0 Å². The van der Waals surface area contributed by atoms with E-state index in [4.69, 9.17) is 17.2 Å². The first-order chi connectivity index (χ1) is 16.3. The highest BCUT2D eigenvalue weighted by Crippen LogP contribution is 2.10. The number of nitrogens with zero attached hydrogens (tertiary/aromatic N) is 1. The van der Waals surface area contributed by atoms with Gasteiger partial charge >= 0.3 is 5.97 Å². The van der Waals surface area contributed by atoms with Gasteiger partial charge in [0.1, 0.15) is 18.1 Å². The highest BCUT2D eigenvalue weighted by molar-refractivity contribution is 5.94. The van der Waals surface area contributed by atoms with E-state index in [1.54, 1.807) is 20.8 Å². The molecule has 0 saturated carbocycles. The zero-order valence-electron chi connectivity index (χ0n) is 21.3. The molecule has 7 atom stereocenters. The lowest BCUT2D eigenvalue weighted by Gasteiger charge is -2.28. The number of aliphatic carboxylic acids is 1. The fraction of sp³-hybridized carbons (Fsp3) is 0.773. The van der Waals surface area contributed by atoms with Crippen LogP contribution in [-0.4, -0.2) is 76.7 Å². The summed E-state index contributed by atoms with van der Waals surface area (Å²) in [6.45, 7) is 8.62. The van der Waals surface area contributed by atoms with Crippen LogP contribution in [0.2, 0.25) is 0 Å². The van der Waals surface area contributed by atoms with E-state index in [0.29, 0.717) is 19.3 Å². The molecule has 0 saturated heterocycles. The normalized spacial score (nSPS) is 17.0. The summed E-state index contributed by atoms with van der Waals surface area (Å²) in [5.41, 5.74) is 16.5. The van der Waals surface area contributed by atoms with Gasteiger partial charge < -0.3 is 43.4 Å². The van der Waals surface area contributed by atoms with E-state index in [0.717, 1.165) is 0 Å². The maximum absolute atomic E-state index is 13.0. The average molecular weight is 502 g/mol. The molecule has 0 rings (SSSR count). The number of carboxylic acid groups (broad SMARTS) is 1. The van der Waals surface area contributed by atoms with Crippen molar-refractivity contribution in [2.45, 2.75) is 90.6 Å². The van der Waals surface area contributed by atoms with Crippen molar-refractivity contribution in [3.05, 3.63) is 0 Å². The predicted octanol–water partition coefficient (Wildman–Crippen LogP) is -1.62. The maximum atomic E-state index is 13.0. The molecule has 0 bridgehead atoms. The van der Waals surface area contributed by atoms with Crippen LogP contribution in [0.15, 0.2) is 4.99 Å². The third kappa shape index (κ3) is 11.4. The summed E-state index contributed by atoms with van der Waals surface area (Å²) in [4.78, 5) is 53.9. The number of amides is 3. The first-order valence-electron chi connectivity index (χ1n) is 11.9. The Labute approximate surface area is 206 Å². The molecule has 0 heterocycles. The predicted molar refractivity (Wildman–Crippen MR) is 132 cm³/mol. The number of carboxylic acids is 1.